The van der Waals surface area contributed by atoms with Gasteiger partial charge in [0.1, 0.15) is 5.54 Å². The lowest BCUT2D eigenvalue weighted by molar-refractivity contribution is -0.142. The second-order valence-corrected chi connectivity index (χ2v) is 5.03. The number of likely N-dealkylation sites (N-methyl/N-ethyl adjacent to an activating group) is 1. The molecule has 0 fully saturated rings. The van der Waals surface area contributed by atoms with Crippen LogP contribution in [-0.2, 0) is 4.79 Å². The molecule has 6 nitrogen and oxygen atoms in total. The first-order valence-electron chi connectivity index (χ1n) is 5.42. The molecule has 0 aliphatic heterocycles. The minimum atomic E-state index is -0.981. The first-order chi connectivity index (χ1) is 8.57. The van der Waals surface area contributed by atoms with Gasteiger partial charge in [-0.15, -0.1) is 10.2 Å². The van der Waals surface area contributed by atoms with Crippen molar-refractivity contribution in [3.8, 4) is 0 Å². The minimum absolute atomic E-state index is 0.370. The molecule has 0 aliphatic rings. The van der Waals surface area contributed by atoms with Crippen molar-refractivity contribution in [3.63, 3.8) is 0 Å². The number of nitrogens with zero attached hydrogens (tertiary/aromatic N) is 3. The first kappa shape index (κ1) is 12.8. The van der Waals surface area contributed by atoms with Gasteiger partial charge in [0, 0.05) is 11.9 Å². The minimum Gasteiger partial charge on any atom is -0.480 e. The number of thioether (sulfide) groups is 1. The molecule has 0 saturated carbocycles. The van der Waals surface area contributed by atoms with Gasteiger partial charge in [-0.2, -0.15) is 0 Å². The van der Waals surface area contributed by atoms with Crippen molar-refractivity contribution in [2.75, 3.05) is 12.8 Å². The molecule has 0 spiro atoms. The molecule has 96 valence electrons. The van der Waals surface area contributed by atoms with E-state index in [4.69, 9.17) is 5.11 Å². The molecule has 2 aromatic heterocycles. The average Bonchev–Trinajstić information content (AvgIpc) is 2.79. The molecule has 1 unspecified atom stereocenters. The van der Waals surface area contributed by atoms with Crippen LogP contribution in [0.4, 0.5) is 0 Å². The van der Waals surface area contributed by atoms with Gasteiger partial charge >= 0.3 is 5.97 Å². The van der Waals surface area contributed by atoms with Gasteiger partial charge in [0.05, 0.1) is 0 Å². The molecule has 0 amide bonds. The van der Waals surface area contributed by atoms with E-state index in [1.807, 2.05) is 28.8 Å². The fourth-order valence-electron chi connectivity index (χ4n) is 1.37. The molecule has 0 saturated heterocycles. The highest BCUT2D eigenvalue weighted by molar-refractivity contribution is 7.99. The number of fused-ring (bicyclic) bond motifs is 1. The third kappa shape index (κ3) is 2.32. The quantitative estimate of drug-likeness (QED) is 0.782. The van der Waals surface area contributed by atoms with Crippen LogP contribution >= 0.6 is 11.8 Å². The standard InChI is InChI=1S/C11H14N4O2S/c1-11(12-2,9(16)17)7-18-10-14-13-8-5-3-4-6-15(8)10/h3-6,12H,7H2,1-2H3,(H,16,17). The molecule has 0 aromatic carbocycles. The SMILES string of the molecule is CNC(C)(CSc1nnc2ccccn12)C(=O)O. The highest BCUT2D eigenvalue weighted by atomic mass is 32.2. The summed E-state index contributed by atoms with van der Waals surface area (Å²) in [7, 11) is 1.64. The van der Waals surface area contributed by atoms with Gasteiger partial charge in [-0.1, -0.05) is 17.8 Å². The van der Waals surface area contributed by atoms with Crippen molar-refractivity contribution in [2.45, 2.75) is 17.6 Å². The van der Waals surface area contributed by atoms with Crippen LogP contribution in [0.1, 0.15) is 6.92 Å². The molecule has 2 rings (SSSR count). The Morgan fingerprint density at radius 2 is 2.33 bits per heavy atom. The summed E-state index contributed by atoms with van der Waals surface area (Å²) >= 11 is 1.36. The largest absolute Gasteiger partial charge is 0.480 e. The summed E-state index contributed by atoms with van der Waals surface area (Å²) in [6, 6.07) is 5.62. The van der Waals surface area contributed by atoms with Gasteiger partial charge < -0.3 is 10.4 Å². The zero-order chi connectivity index (χ0) is 13.2. The van der Waals surface area contributed by atoms with E-state index in [-0.39, 0.29) is 0 Å². The zero-order valence-corrected chi connectivity index (χ0v) is 10.9. The van der Waals surface area contributed by atoms with Crippen LogP contribution in [0.2, 0.25) is 0 Å². The fourth-order valence-corrected chi connectivity index (χ4v) is 2.45. The molecule has 0 aliphatic carbocycles. The Hall–Kier alpha value is -1.60. The van der Waals surface area contributed by atoms with Gasteiger partial charge in [0.15, 0.2) is 10.8 Å². The molecule has 7 heteroatoms. The summed E-state index contributed by atoms with van der Waals surface area (Å²) in [5.74, 6) is -0.513. The monoisotopic (exact) mass is 266 g/mol. The molecule has 2 aromatic rings. The van der Waals surface area contributed by atoms with Gasteiger partial charge in [-0.25, -0.2) is 0 Å². The molecule has 18 heavy (non-hydrogen) atoms. The lowest BCUT2D eigenvalue weighted by Gasteiger charge is -2.22. The highest BCUT2D eigenvalue weighted by Crippen LogP contribution is 2.21. The summed E-state index contributed by atoms with van der Waals surface area (Å²) in [4.78, 5) is 11.2. The van der Waals surface area contributed by atoms with Crippen LogP contribution in [0.5, 0.6) is 0 Å². The topological polar surface area (TPSA) is 79.5 Å². The molecule has 2 N–H and O–H groups in total. The molecule has 2 heterocycles. The highest BCUT2D eigenvalue weighted by Gasteiger charge is 2.31. The third-order valence-corrected chi connectivity index (χ3v) is 4.05. The van der Waals surface area contributed by atoms with E-state index >= 15 is 0 Å². The third-order valence-electron chi connectivity index (χ3n) is 2.80. The maximum absolute atomic E-state index is 11.2. The normalized spacial score (nSPS) is 14.6. The number of carboxylic acids is 1. The lowest BCUT2D eigenvalue weighted by Crippen LogP contribution is -2.49. The van der Waals surface area contributed by atoms with Gasteiger partial charge in [-0.05, 0) is 26.1 Å². The second kappa shape index (κ2) is 4.95. The van der Waals surface area contributed by atoms with Crippen molar-refractivity contribution in [3.05, 3.63) is 24.4 Å². The fraction of sp³-hybridized carbons (Fsp3) is 0.364. The first-order valence-corrected chi connectivity index (χ1v) is 6.40. The summed E-state index contributed by atoms with van der Waals surface area (Å²) < 4.78 is 1.84. The van der Waals surface area contributed by atoms with Crippen LogP contribution in [0.15, 0.2) is 29.6 Å². The zero-order valence-electron chi connectivity index (χ0n) is 10.1. The van der Waals surface area contributed by atoms with E-state index < -0.39 is 11.5 Å². The predicted molar refractivity (Wildman–Crippen MR) is 68.8 cm³/mol. The van der Waals surface area contributed by atoms with Gasteiger partial charge in [-0.3, -0.25) is 9.20 Å². The van der Waals surface area contributed by atoms with E-state index in [1.165, 1.54) is 11.8 Å². The number of aromatic nitrogens is 3. The Balaban J connectivity index is 2.17. The Kier molecular flexibility index (Phi) is 3.53. The molecular weight excluding hydrogens is 252 g/mol. The molecule has 0 bridgehead atoms. The maximum atomic E-state index is 11.2. The number of hydrogen-bond acceptors (Lipinski definition) is 5. The van der Waals surface area contributed by atoms with Crippen LogP contribution in [-0.4, -0.2) is 44.0 Å². The molecule has 0 radical (unpaired) electrons. The van der Waals surface area contributed by atoms with E-state index in [9.17, 15) is 4.79 Å². The Morgan fingerprint density at radius 3 is 3.00 bits per heavy atom. The van der Waals surface area contributed by atoms with Crippen LogP contribution < -0.4 is 5.32 Å². The summed E-state index contributed by atoms with van der Waals surface area (Å²) in [6.07, 6.45) is 1.86. The van der Waals surface area contributed by atoms with Crippen molar-refractivity contribution >= 4 is 23.4 Å². The number of nitrogens with one attached hydrogen (secondary N) is 1. The second-order valence-electron chi connectivity index (χ2n) is 4.09. The Bertz CT molecular complexity index is 571. The number of rotatable bonds is 5. The summed E-state index contributed by atoms with van der Waals surface area (Å²) in [6.45, 7) is 1.64. The lowest BCUT2D eigenvalue weighted by atomic mass is 10.1. The predicted octanol–water partition coefficient (Wildman–Crippen LogP) is 0.884. The number of carboxylic acid groups (broad SMARTS) is 1. The van der Waals surface area contributed by atoms with E-state index in [1.54, 1.807) is 14.0 Å². The summed E-state index contributed by atoms with van der Waals surface area (Å²) in [5, 5.41) is 20.7. The van der Waals surface area contributed by atoms with Crippen molar-refractivity contribution in [1.82, 2.24) is 19.9 Å². The Morgan fingerprint density at radius 1 is 1.56 bits per heavy atom. The van der Waals surface area contributed by atoms with E-state index in [0.717, 1.165) is 5.65 Å². The number of carbonyl (C=O) groups is 1. The number of aliphatic carboxylic acids is 1. The van der Waals surface area contributed by atoms with E-state index in [0.29, 0.717) is 10.9 Å². The van der Waals surface area contributed by atoms with E-state index in [2.05, 4.69) is 15.5 Å². The van der Waals surface area contributed by atoms with Crippen LogP contribution in [0.3, 0.4) is 0 Å². The smallest absolute Gasteiger partial charge is 0.324 e. The Labute approximate surface area is 108 Å². The van der Waals surface area contributed by atoms with Gasteiger partial charge in [0.2, 0.25) is 0 Å². The van der Waals surface area contributed by atoms with Crippen LogP contribution in [0.25, 0.3) is 5.65 Å². The van der Waals surface area contributed by atoms with Gasteiger partial charge in [0.25, 0.3) is 0 Å². The maximum Gasteiger partial charge on any atom is 0.324 e. The summed E-state index contributed by atoms with van der Waals surface area (Å²) in [5.41, 5.74) is -0.229. The average molecular weight is 266 g/mol. The van der Waals surface area contributed by atoms with Crippen molar-refractivity contribution in [2.24, 2.45) is 0 Å². The van der Waals surface area contributed by atoms with Crippen molar-refractivity contribution < 1.29 is 9.90 Å². The molecular formula is C11H14N4O2S. The van der Waals surface area contributed by atoms with Crippen LogP contribution in [0, 0.1) is 0 Å². The van der Waals surface area contributed by atoms with Crippen molar-refractivity contribution in [1.29, 1.82) is 0 Å². The number of pyridine rings is 1. The number of hydrogen-bond donors (Lipinski definition) is 2. The molecule has 1 atom stereocenters.